The number of nitrogens with one attached hydrogen (secondary N) is 2. The number of halogens is 1. The van der Waals surface area contributed by atoms with Crippen molar-refractivity contribution < 1.29 is 4.79 Å². The predicted molar refractivity (Wildman–Crippen MR) is 80.7 cm³/mol. The monoisotopic (exact) mass is 282 g/mol. The molecule has 1 heterocycles. The lowest BCUT2D eigenvalue weighted by atomic mass is 10.1. The Hall–Kier alpha value is -1.06. The Balaban J connectivity index is 0.00000180. The summed E-state index contributed by atoms with van der Waals surface area (Å²) in [5.41, 5.74) is 1.31. The van der Waals surface area contributed by atoms with Crippen molar-refractivity contribution in [2.75, 3.05) is 13.1 Å². The lowest BCUT2D eigenvalue weighted by Crippen LogP contribution is -2.45. The SMILES string of the molecule is Cl.O=C(CCCc1ccccc1)NC1CCCNC1. The molecule has 1 unspecified atom stereocenters. The molecule has 106 valence electrons. The summed E-state index contributed by atoms with van der Waals surface area (Å²) < 4.78 is 0. The summed E-state index contributed by atoms with van der Waals surface area (Å²) in [6.45, 7) is 2.00. The van der Waals surface area contributed by atoms with Crippen LogP contribution in [0.4, 0.5) is 0 Å². The molecule has 1 amide bonds. The van der Waals surface area contributed by atoms with Crippen molar-refractivity contribution in [3.05, 3.63) is 35.9 Å². The van der Waals surface area contributed by atoms with Crippen molar-refractivity contribution in [2.24, 2.45) is 0 Å². The largest absolute Gasteiger partial charge is 0.352 e. The van der Waals surface area contributed by atoms with E-state index in [1.807, 2.05) is 18.2 Å². The summed E-state index contributed by atoms with van der Waals surface area (Å²) >= 11 is 0. The zero-order valence-corrected chi connectivity index (χ0v) is 12.0. The van der Waals surface area contributed by atoms with E-state index in [-0.39, 0.29) is 18.3 Å². The van der Waals surface area contributed by atoms with Crippen molar-refractivity contribution in [2.45, 2.75) is 38.1 Å². The Bertz CT molecular complexity index is 364. The van der Waals surface area contributed by atoms with E-state index in [1.54, 1.807) is 0 Å². The number of carbonyl (C=O) groups excluding carboxylic acids is 1. The quantitative estimate of drug-likeness (QED) is 0.870. The summed E-state index contributed by atoms with van der Waals surface area (Å²) in [7, 11) is 0. The van der Waals surface area contributed by atoms with Gasteiger partial charge in [0.25, 0.3) is 0 Å². The fraction of sp³-hybridized carbons (Fsp3) is 0.533. The van der Waals surface area contributed by atoms with Gasteiger partial charge >= 0.3 is 0 Å². The number of amides is 1. The van der Waals surface area contributed by atoms with E-state index in [0.717, 1.165) is 38.8 Å². The van der Waals surface area contributed by atoms with Crippen LogP contribution in [0.25, 0.3) is 0 Å². The van der Waals surface area contributed by atoms with Crippen LogP contribution >= 0.6 is 12.4 Å². The summed E-state index contributed by atoms with van der Waals surface area (Å²) in [5, 5.41) is 6.41. The molecular formula is C15H23ClN2O. The molecule has 0 saturated carbocycles. The second-order valence-electron chi connectivity index (χ2n) is 4.95. The molecule has 1 atom stereocenters. The van der Waals surface area contributed by atoms with Gasteiger partial charge in [-0.15, -0.1) is 12.4 Å². The highest BCUT2D eigenvalue weighted by Crippen LogP contribution is 2.06. The van der Waals surface area contributed by atoms with E-state index < -0.39 is 0 Å². The van der Waals surface area contributed by atoms with Gasteiger partial charge in [0.05, 0.1) is 0 Å². The first kappa shape index (κ1) is 16.0. The second kappa shape index (κ2) is 8.94. The number of rotatable bonds is 5. The van der Waals surface area contributed by atoms with E-state index in [0.29, 0.717) is 12.5 Å². The minimum atomic E-state index is 0. The van der Waals surface area contributed by atoms with Gasteiger partial charge in [-0.3, -0.25) is 4.79 Å². The van der Waals surface area contributed by atoms with Crippen molar-refractivity contribution in [3.8, 4) is 0 Å². The Morgan fingerprint density at radius 1 is 1.32 bits per heavy atom. The number of hydrogen-bond donors (Lipinski definition) is 2. The van der Waals surface area contributed by atoms with Gasteiger partial charge in [-0.1, -0.05) is 30.3 Å². The number of piperidine rings is 1. The van der Waals surface area contributed by atoms with Crippen molar-refractivity contribution in [1.29, 1.82) is 0 Å². The maximum Gasteiger partial charge on any atom is 0.220 e. The van der Waals surface area contributed by atoms with Crippen LogP contribution in [0, 0.1) is 0 Å². The summed E-state index contributed by atoms with van der Waals surface area (Å²) in [4.78, 5) is 11.8. The molecule has 2 N–H and O–H groups in total. The molecule has 19 heavy (non-hydrogen) atoms. The van der Waals surface area contributed by atoms with Crippen LogP contribution in [-0.2, 0) is 11.2 Å². The van der Waals surface area contributed by atoms with Crippen molar-refractivity contribution in [1.82, 2.24) is 10.6 Å². The van der Waals surface area contributed by atoms with Crippen LogP contribution in [0.1, 0.15) is 31.2 Å². The maximum atomic E-state index is 11.8. The normalized spacial score (nSPS) is 18.4. The average molecular weight is 283 g/mol. The lowest BCUT2D eigenvalue weighted by molar-refractivity contribution is -0.122. The zero-order valence-electron chi connectivity index (χ0n) is 11.2. The number of carbonyl (C=O) groups is 1. The fourth-order valence-electron chi connectivity index (χ4n) is 2.37. The molecule has 0 radical (unpaired) electrons. The third-order valence-electron chi connectivity index (χ3n) is 3.37. The first-order valence-corrected chi connectivity index (χ1v) is 6.88. The molecule has 0 aliphatic carbocycles. The van der Waals surface area contributed by atoms with E-state index in [4.69, 9.17) is 0 Å². The minimum absolute atomic E-state index is 0. The van der Waals surface area contributed by atoms with Crippen LogP contribution in [0.3, 0.4) is 0 Å². The second-order valence-corrected chi connectivity index (χ2v) is 4.95. The molecule has 2 rings (SSSR count). The first-order valence-electron chi connectivity index (χ1n) is 6.88. The average Bonchev–Trinajstić information content (AvgIpc) is 2.41. The standard InChI is InChI=1S/C15H22N2O.ClH/c18-15(17-14-9-5-11-16-12-14)10-4-8-13-6-2-1-3-7-13;/h1-3,6-7,14,16H,4-5,8-12H2,(H,17,18);1H. The molecule has 1 fully saturated rings. The van der Waals surface area contributed by atoms with Gasteiger partial charge < -0.3 is 10.6 Å². The maximum absolute atomic E-state index is 11.8. The molecule has 0 spiro atoms. The highest BCUT2D eigenvalue weighted by atomic mass is 35.5. The predicted octanol–water partition coefficient (Wildman–Crippen LogP) is 2.30. The van der Waals surface area contributed by atoms with Gasteiger partial charge in [0.2, 0.25) is 5.91 Å². The molecule has 1 saturated heterocycles. The van der Waals surface area contributed by atoms with Crippen molar-refractivity contribution >= 4 is 18.3 Å². The topological polar surface area (TPSA) is 41.1 Å². The van der Waals surface area contributed by atoms with Crippen LogP contribution in [-0.4, -0.2) is 25.0 Å². The fourth-order valence-corrected chi connectivity index (χ4v) is 2.37. The van der Waals surface area contributed by atoms with Crippen LogP contribution in [0.2, 0.25) is 0 Å². The van der Waals surface area contributed by atoms with Gasteiger partial charge in [0.1, 0.15) is 0 Å². The van der Waals surface area contributed by atoms with Gasteiger partial charge in [-0.2, -0.15) is 0 Å². The lowest BCUT2D eigenvalue weighted by Gasteiger charge is -2.23. The number of benzene rings is 1. The highest BCUT2D eigenvalue weighted by molar-refractivity contribution is 5.85. The van der Waals surface area contributed by atoms with Gasteiger partial charge in [0, 0.05) is 19.0 Å². The summed E-state index contributed by atoms with van der Waals surface area (Å²) in [6.07, 6.45) is 4.81. The van der Waals surface area contributed by atoms with E-state index in [2.05, 4.69) is 22.8 Å². The molecule has 0 bridgehead atoms. The molecule has 1 aliphatic rings. The molecule has 4 heteroatoms. The molecule has 0 aromatic heterocycles. The highest BCUT2D eigenvalue weighted by Gasteiger charge is 2.14. The van der Waals surface area contributed by atoms with E-state index in [9.17, 15) is 4.79 Å². The number of hydrogen-bond acceptors (Lipinski definition) is 2. The van der Waals surface area contributed by atoms with Crippen molar-refractivity contribution in [3.63, 3.8) is 0 Å². The summed E-state index contributed by atoms with van der Waals surface area (Å²) in [6, 6.07) is 10.7. The third-order valence-corrected chi connectivity index (χ3v) is 3.37. The Morgan fingerprint density at radius 3 is 2.79 bits per heavy atom. The molecule has 1 aliphatic heterocycles. The van der Waals surface area contributed by atoms with Crippen LogP contribution in [0.5, 0.6) is 0 Å². The Labute approximate surface area is 121 Å². The van der Waals surface area contributed by atoms with Gasteiger partial charge in [-0.25, -0.2) is 0 Å². The minimum Gasteiger partial charge on any atom is -0.352 e. The Kier molecular flexibility index (Phi) is 7.53. The summed E-state index contributed by atoms with van der Waals surface area (Å²) in [5.74, 6) is 0.194. The molecule has 1 aromatic rings. The van der Waals surface area contributed by atoms with Gasteiger partial charge in [0.15, 0.2) is 0 Å². The first-order chi connectivity index (χ1) is 8.84. The van der Waals surface area contributed by atoms with Gasteiger partial charge in [-0.05, 0) is 37.8 Å². The third kappa shape index (κ3) is 6.08. The van der Waals surface area contributed by atoms with E-state index in [1.165, 1.54) is 5.56 Å². The zero-order chi connectivity index (χ0) is 12.6. The molecule has 1 aromatic carbocycles. The Morgan fingerprint density at radius 2 is 2.11 bits per heavy atom. The smallest absolute Gasteiger partial charge is 0.220 e. The van der Waals surface area contributed by atoms with E-state index >= 15 is 0 Å². The molecule has 3 nitrogen and oxygen atoms in total. The molecular weight excluding hydrogens is 260 g/mol. The van der Waals surface area contributed by atoms with Crippen LogP contribution in [0.15, 0.2) is 30.3 Å². The number of aryl methyl sites for hydroxylation is 1. The van der Waals surface area contributed by atoms with Crippen LogP contribution < -0.4 is 10.6 Å².